The molecule has 0 aromatic rings. The number of rotatable bonds is 5. The highest BCUT2D eigenvalue weighted by Crippen LogP contribution is 2.30. The number of nitrogens with two attached hydrogens (primary N) is 1. The first-order valence-electron chi connectivity index (χ1n) is 13.3. The van der Waals surface area contributed by atoms with Gasteiger partial charge in [0.2, 0.25) is 5.78 Å². The van der Waals surface area contributed by atoms with E-state index in [2.05, 4.69) is 5.32 Å². The molecule has 0 saturated heterocycles. The summed E-state index contributed by atoms with van der Waals surface area (Å²) in [6.07, 6.45) is 5.11. The number of carbonyl (C=O) groups excluding carboxylic acids is 4. The highest BCUT2D eigenvalue weighted by molar-refractivity contribution is 6.22. The highest BCUT2D eigenvalue weighted by atomic mass is 16.6. The molecule has 11 nitrogen and oxygen atoms in total. The van der Waals surface area contributed by atoms with Gasteiger partial charge in [0.05, 0.1) is 24.0 Å². The highest BCUT2D eigenvalue weighted by Gasteiger charge is 2.36. The lowest BCUT2D eigenvalue weighted by Gasteiger charge is -2.34. The van der Waals surface area contributed by atoms with Crippen molar-refractivity contribution >= 4 is 23.6 Å². The molecule has 0 spiro atoms. The van der Waals surface area contributed by atoms with E-state index in [1.807, 2.05) is 19.9 Å². The number of Topliss-reactive ketones (excluding diaryl/α,β-unsaturated/α-hetero) is 1. The molecule has 1 aliphatic carbocycles. The third-order valence-corrected chi connectivity index (χ3v) is 7.27. The largest absolute Gasteiger partial charge is 0.439 e. The smallest absolute Gasteiger partial charge is 0.405 e. The van der Waals surface area contributed by atoms with E-state index in [0.29, 0.717) is 12.0 Å². The number of nitrogens with one attached hydrogen (secondary N) is 1. The van der Waals surface area contributed by atoms with Gasteiger partial charge < -0.3 is 34.7 Å². The zero-order valence-electron chi connectivity index (χ0n) is 25.0. The van der Waals surface area contributed by atoms with Gasteiger partial charge in [0, 0.05) is 51.6 Å². The first kappa shape index (κ1) is 33.8. The molecule has 41 heavy (non-hydrogen) atoms. The average Bonchev–Trinajstić information content (AvgIpc) is 2.91. The van der Waals surface area contributed by atoms with E-state index in [1.165, 1.54) is 26.4 Å². The van der Waals surface area contributed by atoms with Gasteiger partial charge in [-0.2, -0.15) is 0 Å². The molecular formula is C30H42N2O9. The molecule has 2 aliphatic rings. The van der Waals surface area contributed by atoms with Gasteiger partial charge in [-0.25, -0.2) is 4.79 Å². The molecule has 0 saturated carbocycles. The second-order valence-corrected chi connectivity index (χ2v) is 10.2. The predicted octanol–water partition coefficient (Wildman–Crippen LogP) is 2.71. The van der Waals surface area contributed by atoms with E-state index >= 15 is 0 Å². The van der Waals surface area contributed by atoms with Gasteiger partial charge in [0.15, 0.2) is 11.9 Å². The Morgan fingerprint density at radius 1 is 0.951 bits per heavy atom. The van der Waals surface area contributed by atoms with Gasteiger partial charge in [-0.05, 0) is 37.8 Å². The fourth-order valence-corrected chi connectivity index (χ4v) is 5.21. The lowest BCUT2D eigenvalue weighted by molar-refractivity contribution is -0.120. The molecule has 3 N–H and O–H groups in total. The molecule has 0 unspecified atom stereocenters. The number of hydrogen-bond donors (Lipinski definition) is 2. The molecule has 0 aromatic carbocycles. The molecule has 226 valence electrons. The first-order valence-corrected chi connectivity index (χ1v) is 13.3. The van der Waals surface area contributed by atoms with E-state index in [0.717, 1.165) is 6.08 Å². The maximum Gasteiger partial charge on any atom is 0.405 e. The van der Waals surface area contributed by atoms with Crippen LogP contribution in [0.1, 0.15) is 34.1 Å². The molecular weight excluding hydrogens is 532 g/mol. The summed E-state index contributed by atoms with van der Waals surface area (Å²) in [6, 6.07) is 0. The molecule has 1 aliphatic heterocycles. The monoisotopic (exact) mass is 574 g/mol. The second-order valence-electron chi connectivity index (χ2n) is 10.2. The van der Waals surface area contributed by atoms with Crippen molar-refractivity contribution in [1.82, 2.24) is 5.32 Å². The number of hydrogen-bond acceptors (Lipinski definition) is 9. The van der Waals surface area contributed by atoms with Crippen LogP contribution in [0.2, 0.25) is 0 Å². The molecule has 0 aromatic heterocycles. The van der Waals surface area contributed by atoms with Crippen molar-refractivity contribution in [3.63, 3.8) is 0 Å². The summed E-state index contributed by atoms with van der Waals surface area (Å²) in [5.41, 5.74) is 6.29. The normalized spacial score (nSPS) is 33.9. The first-order chi connectivity index (χ1) is 19.4. The minimum Gasteiger partial charge on any atom is -0.439 e. The van der Waals surface area contributed by atoms with Gasteiger partial charge in [-0.15, -0.1) is 0 Å². The van der Waals surface area contributed by atoms with Crippen LogP contribution in [-0.4, -0.2) is 82.5 Å². The van der Waals surface area contributed by atoms with Crippen molar-refractivity contribution in [2.45, 2.75) is 64.6 Å². The Bertz CT molecular complexity index is 1150. The summed E-state index contributed by atoms with van der Waals surface area (Å²) in [4.78, 5) is 50.6. The predicted molar refractivity (Wildman–Crippen MR) is 152 cm³/mol. The van der Waals surface area contributed by atoms with E-state index in [-0.39, 0.29) is 28.7 Å². The lowest BCUT2D eigenvalue weighted by atomic mass is 9.84. The summed E-state index contributed by atoms with van der Waals surface area (Å²) in [5.74, 6) is -2.04. The van der Waals surface area contributed by atoms with E-state index in [1.54, 1.807) is 40.2 Å². The summed E-state index contributed by atoms with van der Waals surface area (Å²) in [6.45, 7) is 7.17. The maximum atomic E-state index is 13.4. The molecule has 0 fully saturated rings. The van der Waals surface area contributed by atoms with Crippen LogP contribution in [0.3, 0.4) is 0 Å². The number of ketones is 2. The molecule has 2 rings (SSSR count). The minimum absolute atomic E-state index is 0.141. The molecule has 11 heteroatoms. The van der Waals surface area contributed by atoms with Gasteiger partial charge in [-0.3, -0.25) is 14.4 Å². The van der Waals surface area contributed by atoms with Crippen LogP contribution in [0, 0.1) is 11.8 Å². The summed E-state index contributed by atoms with van der Waals surface area (Å²) < 4.78 is 28.4. The zero-order valence-corrected chi connectivity index (χ0v) is 25.0. The SMILES string of the molecule is CO[C@H]1[C@@H](OC)C[C@@H](C)[C@@H](OC)C2=CC(=O)C=C(NC(=O)/C(C)=C\C=C\[C@H](OC)[C@@H](OC(N)=O)/C(C)=C/[C@@H]1C)C2=O. The number of methoxy groups -OCH3 is 4. The van der Waals surface area contributed by atoms with Gasteiger partial charge in [0.25, 0.3) is 5.91 Å². The third kappa shape index (κ3) is 8.80. The lowest BCUT2D eigenvalue weighted by Crippen LogP contribution is -2.41. The van der Waals surface area contributed by atoms with Crippen molar-refractivity contribution in [2.75, 3.05) is 28.4 Å². The summed E-state index contributed by atoms with van der Waals surface area (Å²) >= 11 is 0. The summed E-state index contributed by atoms with van der Waals surface area (Å²) in [7, 11) is 6.05. The van der Waals surface area contributed by atoms with Crippen molar-refractivity contribution in [2.24, 2.45) is 17.6 Å². The van der Waals surface area contributed by atoms with Crippen LogP contribution in [0.4, 0.5) is 4.79 Å². The zero-order chi connectivity index (χ0) is 30.9. The minimum atomic E-state index is -0.972. The Hall–Kier alpha value is -3.38. The van der Waals surface area contributed by atoms with Crippen LogP contribution in [0.15, 0.2) is 58.9 Å². The third-order valence-electron chi connectivity index (χ3n) is 7.27. The number of amides is 2. The number of primary amides is 1. The van der Waals surface area contributed by atoms with Crippen molar-refractivity contribution in [1.29, 1.82) is 0 Å². The van der Waals surface area contributed by atoms with Gasteiger partial charge >= 0.3 is 6.09 Å². The van der Waals surface area contributed by atoms with Crippen molar-refractivity contribution < 1.29 is 42.9 Å². The number of ether oxygens (including phenoxy) is 5. The van der Waals surface area contributed by atoms with Crippen LogP contribution in [-0.2, 0) is 38.1 Å². The molecule has 2 bridgehead atoms. The second kappa shape index (κ2) is 15.6. The molecule has 0 radical (unpaired) electrons. The Kier molecular flexibility index (Phi) is 12.8. The topological polar surface area (TPSA) is 152 Å². The number of allylic oxidation sites excluding steroid dienone is 5. The Morgan fingerprint density at radius 3 is 2.20 bits per heavy atom. The fourth-order valence-electron chi connectivity index (χ4n) is 5.21. The number of fused-ring (bicyclic) bond motifs is 2. The Labute approximate surface area is 241 Å². The van der Waals surface area contributed by atoms with Crippen LogP contribution in [0.25, 0.3) is 0 Å². The maximum absolute atomic E-state index is 13.4. The van der Waals surface area contributed by atoms with E-state index < -0.39 is 54.1 Å². The average molecular weight is 575 g/mol. The Morgan fingerprint density at radius 2 is 1.63 bits per heavy atom. The summed E-state index contributed by atoms with van der Waals surface area (Å²) in [5, 5.41) is 2.54. The van der Waals surface area contributed by atoms with Gasteiger partial charge in [0.1, 0.15) is 6.10 Å². The van der Waals surface area contributed by atoms with Crippen LogP contribution >= 0.6 is 0 Å². The fraction of sp³-hybridized carbons (Fsp3) is 0.533. The van der Waals surface area contributed by atoms with Crippen molar-refractivity contribution in [3.8, 4) is 0 Å². The molecule has 1 heterocycles. The quantitative estimate of drug-likeness (QED) is 0.373. The van der Waals surface area contributed by atoms with E-state index in [4.69, 9.17) is 29.4 Å². The molecule has 2 amide bonds. The van der Waals surface area contributed by atoms with Crippen LogP contribution in [0.5, 0.6) is 0 Å². The standard InChI is InChI=1S/C30H42N2O9/c1-16-10-9-11-23(37-5)28(41-30(31)36)18(3)12-17(2)27(40-8)24(38-6)13-19(4)26(39-7)21-14-20(33)15-22(25(21)34)32-29(16)35/h9-12,14-15,17,19,23-24,26-28H,13H2,1-8H3,(H2,31,36)(H,32,35)/b11-9+,16-10-,18-12+/t17-,19+,23-,24-,26+,27+,28-/m0/s1. The van der Waals surface area contributed by atoms with Gasteiger partial charge in [-0.1, -0.05) is 38.2 Å². The van der Waals surface area contributed by atoms with E-state index in [9.17, 15) is 19.2 Å². The Balaban J connectivity index is 2.66. The van der Waals surface area contributed by atoms with Crippen LogP contribution < -0.4 is 11.1 Å². The van der Waals surface area contributed by atoms with Crippen molar-refractivity contribution in [3.05, 3.63) is 58.9 Å². The number of carbonyl (C=O) groups is 4. The molecule has 7 atom stereocenters.